The van der Waals surface area contributed by atoms with E-state index in [0.717, 1.165) is 10.8 Å². The smallest absolute Gasteiger partial charge is 0.145 e. The van der Waals surface area contributed by atoms with Crippen molar-refractivity contribution in [3.63, 3.8) is 0 Å². The van der Waals surface area contributed by atoms with Crippen LogP contribution in [-0.2, 0) is 0 Å². The van der Waals surface area contributed by atoms with Crippen LogP contribution in [0.2, 0.25) is 5.02 Å². The van der Waals surface area contributed by atoms with Gasteiger partial charge in [0.15, 0.2) is 0 Å². The van der Waals surface area contributed by atoms with E-state index >= 15 is 0 Å². The van der Waals surface area contributed by atoms with Gasteiger partial charge in [0.25, 0.3) is 0 Å². The zero-order chi connectivity index (χ0) is 18.1. The summed E-state index contributed by atoms with van der Waals surface area (Å²) < 4.78 is 5.97. The highest BCUT2D eigenvalue weighted by molar-refractivity contribution is 6.31. The highest BCUT2D eigenvalue weighted by Gasteiger charge is 2.18. The van der Waals surface area contributed by atoms with Crippen LogP contribution < -0.4 is 16.2 Å². The zero-order valence-corrected chi connectivity index (χ0v) is 14.3. The Kier molecular flexibility index (Phi) is 4.02. The molecule has 3 aromatic heterocycles. The fourth-order valence-electron chi connectivity index (χ4n) is 2.75. The Balaban J connectivity index is 1.96. The molecule has 0 aliphatic carbocycles. The van der Waals surface area contributed by atoms with E-state index in [1.165, 1.54) is 0 Å². The summed E-state index contributed by atoms with van der Waals surface area (Å²) in [5.41, 5.74) is 13.2. The lowest BCUT2D eigenvalue weighted by Crippen LogP contribution is -2.02. The van der Waals surface area contributed by atoms with Crippen LogP contribution >= 0.6 is 11.6 Å². The summed E-state index contributed by atoms with van der Waals surface area (Å²) in [5, 5.41) is 2.42. The quantitative estimate of drug-likeness (QED) is 0.562. The van der Waals surface area contributed by atoms with Gasteiger partial charge in [0, 0.05) is 28.9 Å². The minimum absolute atomic E-state index is 0.226. The average Bonchev–Trinajstić information content (AvgIpc) is 2.62. The maximum Gasteiger partial charge on any atom is 0.145 e. The van der Waals surface area contributed by atoms with Crippen LogP contribution in [0.1, 0.15) is 0 Å². The van der Waals surface area contributed by atoms with Gasteiger partial charge in [-0.15, -0.1) is 0 Å². The SMILES string of the molecule is Nc1cc(Oc2cccnc2)c(-c2nccc3ccc(Cl)cc23)c(N)n1. The van der Waals surface area contributed by atoms with E-state index in [0.29, 0.717) is 27.8 Å². The maximum atomic E-state index is 6.18. The monoisotopic (exact) mass is 363 g/mol. The number of nitrogen functional groups attached to an aromatic ring is 2. The largest absolute Gasteiger partial charge is 0.455 e. The molecule has 1 aromatic carbocycles. The number of nitrogens with zero attached hydrogens (tertiary/aromatic N) is 3. The fourth-order valence-corrected chi connectivity index (χ4v) is 2.92. The number of rotatable bonds is 3. The van der Waals surface area contributed by atoms with Gasteiger partial charge in [-0.3, -0.25) is 9.97 Å². The molecule has 0 bridgehead atoms. The summed E-state index contributed by atoms with van der Waals surface area (Å²) in [4.78, 5) is 12.7. The third kappa shape index (κ3) is 2.98. The van der Waals surface area contributed by atoms with Crippen molar-refractivity contribution in [2.24, 2.45) is 0 Å². The van der Waals surface area contributed by atoms with Gasteiger partial charge in [-0.25, -0.2) is 4.98 Å². The molecule has 4 N–H and O–H groups in total. The first-order chi connectivity index (χ1) is 12.6. The molecular weight excluding hydrogens is 350 g/mol. The third-order valence-corrected chi connectivity index (χ3v) is 4.09. The molecule has 0 atom stereocenters. The number of hydrogen-bond acceptors (Lipinski definition) is 6. The van der Waals surface area contributed by atoms with E-state index in [1.54, 1.807) is 36.8 Å². The van der Waals surface area contributed by atoms with Crippen molar-refractivity contribution in [2.45, 2.75) is 0 Å². The standard InChI is InChI=1S/C19H14ClN5O/c20-12-4-3-11-5-7-24-18(14(11)8-12)17-15(9-16(21)25-19(17)22)26-13-2-1-6-23-10-13/h1-10H,(H4,21,22,25). The Labute approximate surface area is 154 Å². The van der Waals surface area contributed by atoms with Crippen molar-refractivity contribution in [3.05, 3.63) is 66.1 Å². The molecule has 4 rings (SSSR count). The number of anilines is 2. The first kappa shape index (κ1) is 16.1. The summed E-state index contributed by atoms with van der Waals surface area (Å²) >= 11 is 6.18. The number of halogens is 1. The molecule has 0 saturated heterocycles. The minimum atomic E-state index is 0.226. The fraction of sp³-hybridized carbons (Fsp3) is 0. The van der Waals surface area contributed by atoms with E-state index < -0.39 is 0 Å². The van der Waals surface area contributed by atoms with Crippen molar-refractivity contribution >= 4 is 34.0 Å². The van der Waals surface area contributed by atoms with Gasteiger partial charge in [-0.05, 0) is 35.7 Å². The molecule has 0 radical (unpaired) electrons. The molecule has 0 aliphatic heterocycles. The second-order valence-corrected chi connectivity index (χ2v) is 6.06. The molecule has 4 aromatic rings. The van der Waals surface area contributed by atoms with Crippen LogP contribution in [0.4, 0.5) is 11.6 Å². The Bertz CT molecular complexity index is 1100. The summed E-state index contributed by atoms with van der Waals surface area (Å²) in [6, 6.07) is 12.7. The van der Waals surface area contributed by atoms with Gasteiger partial charge >= 0.3 is 0 Å². The van der Waals surface area contributed by atoms with Crippen LogP contribution in [0.25, 0.3) is 22.0 Å². The molecule has 0 saturated carbocycles. The molecule has 0 spiro atoms. The topological polar surface area (TPSA) is 99.9 Å². The van der Waals surface area contributed by atoms with E-state index in [1.807, 2.05) is 24.3 Å². The molecule has 0 unspecified atom stereocenters. The highest BCUT2D eigenvalue weighted by Crippen LogP contribution is 2.40. The highest BCUT2D eigenvalue weighted by atomic mass is 35.5. The molecule has 6 nitrogen and oxygen atoms in total. The molecule has 0 fully saturated rings. The number of benzene rings is 1. The Morgan fingerprint density at radius 1 is 1.00 bits per heavy atom. The summed E-state index contributed by atoms with van der Waals surface area (Å²) in [5.74, 6) is 1.48. The summed E-state index contributed by atoms with van der Waals surface area (Å²) in [7, 11) is 0. The van der Waals surface area contributed by atoms with Crippen LogP contribution in [0.3, 0.4) is 0 Å². The maximum absolute atomic E-state index is 6.18. The van der Waals surface area contributed by atoms with Gasteiger partial charge in [-0.2, -0.15) is 0 Å². The first-order valence-corrected chi connectivity index (χ1v) is 8.18. The predicted octanol–water partition coefficient (Wildman–Crippen LogP) is 4.30. The molecule has 128 valence electrons. The lowest BCUT2D eigenvalue weighted by molar-refractivity contribution is 0.482. The van der Waals surface area contributed by atoms with E-state index in [-0.39, 0.29) is 11.6 Å². The first-order valence-electron chi connectivity index (χ1n) is 7.80. The van der Waals surface area contributed by atoms with Gasteiger partial charge in [0.05, 0.1) is 17.5 Å². The number of hydrogen-bond donors (Lipinski definition) is 2. The number of ether oxygens (including phenoxy) is 1. The lowest BCUT2D eigenvalue weighted by atomic mass is 10.0. The van der Waals surface area contributed by atoms with E-state index in [2.05, 4.69) is 15.0 Å². The zero-order valence-electron chi connectivity index (χ0n) is 13.6. The molecule has 0 amide bonds. The van der Waals surface area contributed by atoms with Crippen molar-refractivity contribution in [1.82, 2.24) is 15.0 Å². The van der Waals surface area contributed by atoms with Gasteiger partial charge in [0.2, 0.25) is 0 Å². The Morgan fingerprint density at radius 3 is 2.69 bits per heavy atom. The second-order valence-electron chi connectivity index (χ2n) is 5.62. The molecule has 26 heavy (non-hydrogen) atoms. The van der Waals surface area contributed by atoms with E-state index in [9.17, 15) is 0 Å². The van der Waals surface area contributed by atoms with Gasteiger partial charge < -0.3 is 16.2 Å². The number of aromatic nitrogens is 3. The third-order valence-electron chi connectivity index (χ3n) is 3.86. The van der Waals surface area contributed by atoms with Crippen LogP contribution in [0.15, 0.2) is 61.1 Å². The van der Waals surface area contributed by atoms with Gasteiger partial charge in [0.1, 0.15) is 23.1 Å². The molecule has 0 aliphatic rings. The normalized spacial score (nSPS) is 10.8. The van der Waals surface area contributed by atoms with Crippen molar-refractivity contribution in [2.75, 3.05) is 11.5 Å². The van der Waals surface area contributed by atoms with Crippen LogP contribution in [0.5, 0.6) is 11.5 Å². The summed E-state index contributed by atoms with van der Waals surface area (Å²) in [6.45, 7) is 0. The van der Waals surface area contributed by atoms with Crippen molar-refractivity contribution < 1.29 is 4.74 Å². The molecular formula is C19H14ClN5O. The number of fused-ring (bicyclic) bond motifs is 1. The van der Waals surface area contributed by atoms with E-state index in [4.69, 9.17) is 27.8 Å². The second kappa shape index (κ2) is 6.50. The number of nitrogens with two attached hydrogens (primary N) is 2. The Morgan fingerprint density at radius 2 is 1.88 bits per heavy atom. The molecule has 3 heterocycles. The van der Waals surface area contributed by atoms with Crippen molar-refractivity contribution in [3.8, 4) is 22.8 Å². The van der Waals surface area contributed by atoms with Crippen molar-refractivity contribution in [1.29, 1.82) is 0 Å². The number of pyridine rings is 3. The average molecular weight is 364 g/mol. The lowest BCUT2D eigenvalue weighted by Gasteiger charge is -2.15. The van der Waals surface area contributed by atoms with Gasteiger partial charge in [-0.1, -0.05) is 17.7 Å². The summed E-state index contributed by atoms with van der Waals surface area (Å²) in [6.07, 6.45) is 4.97. The van der Waals surface area contributed by atoms with Crippen LogP contribution in [-0.4, -0.2) is 15.0 Å². The minimum Gasteiger partial charge on any atom is -0.455 e. The predicted molar refractivity (Wildman–Crippen MR) is 103 cm³/mol. The Hall–Kier alpha value is -3.38. The molecule has 7 heteroatoms. The van der Waals surface area contributed by atoms with Crippen LogP contribution in [0, 0.1) is 0 Å².